The summed E-state index contributed by atoms with van der Waals surface area (Å²) in [5, 5.41) is 18.2. The number of nitrogens with zero attached hydrogens (tertiary/aromatic N) is 1. The molecule has 1 unspecified atom stereocenters. The van der Waals surface area contributed by atoms with Gasteiger partial charge in [0, 0.05) is 0 Å². The molecule has 6 nitrogen and oxygen atoms in total. The number of epoxide rings is 1. The van der Waals surface area contributed by atoms with Gasteiger partial charge in [-0.1, -0.05) is 5.23 Å². The largest absolute Gasteiger partial charge is 0.394 e. The van der Waals surface area contributed by atoms with Gasteiger partial charge in [0.2, 0.25) is 0 Å². The highest BCUT2D eigenvalue weighted by Crippen LogP contribution is 2.11. The van der Waals surface area contributed by atoms with Gasteiger partial charge >= 0.3 is 0 Å². The van der Waals surface area contributed by atoms with Crippen molar-refractivity contribution in [3.8, 4) is 0 Å². The van der Waals surface area contributed by atoms with Crippen LogP contribution < -0.4 is 0 Å². The van der Waals surface area contributed by atoms with Gasteiger partial charge in [0.1, 0.15) is 0 Å². The average molecular weight is 193 g/mol. The Morgan fingerprint density at radius 3 is 2.15 bits per heavy atom. The second-order valence-electron chi connectivity index (χ2n) is 2.58. The lowest BCUT2D eigenvalue weighted by Crippen LogP contribution is -2.30. The van der Waals surface area contributed by atoms with E-state index in [1.54, 1.807) is 0 Å². The summed E-state index contributed by atoms with van der Waals surface area (Å²) in [5.41, 5.74) is 0. The molecule has 0 aromatic carbocycles. The van der Waals surface area contributed by atoms with Gasteiger partial charge in [-0.15, -0.1) is 0 Å². The maximum absolute atomic E-state index is 8.50. The van der Waals surface area contributed by atoms with Gasteiger partial charge in [0.05, 0.1) is 45.7 Å². The third kappa shape index (κ3) is 5.14. The van der Waals surface area contributed by atoms with Crippen molar-refractivity contribution in [3.05, 3.63) is 0 Å². The molecule has 0 aromatic rings. The van der Waals surface area contributed by atoms with Crippen LogP contribution in [0.1, 0.15) is 0 Å². The first kappa shape index (κ1) is 10.8. The molecule has 1 aliphatic heterocycles. The van der Waals surface area contributed by atoms with Crippen LogP contribution in [0.25, 0.3) is 0 Å². The fraction of sp³-hybridized carbons (Fsp3) is 1.00. The standard InChI is InChI=1S/C7H15NO5/c9-1-3-12-8(13-4-2-10)5-7-6-11-7/h7,9-10H,1-6H2. The number of aliphatic hydroxyl groups excluding tert-OH is 2. The molecule has 0 aromatic heterocycles. The monoisotopic (exact) mass is 193 g/mol. The Kier molecular flexibility index (Phi) is 5.21. The third-order valence-corrected chi connectivity index (χ3v) is 1.41. The average Bonchev–Trinajstić information content (AvgIpc) is 2.93. The predicted octanol–water partition coefficient (Wildman–Crippen LogP) is -1.46. The summed E-state index contributed by atoms with van der Waals surface area (Å²) >= 11 is 0. The van der Waals surface area contributed by atoms with E-state index in [9.17, 15) is 0 Å². The summed E-state index contributed by atoms with van der Waals surface area (Å²) in [4.78, 5) is 10.0. The highest BCUT2D eigenvalue weighted by Gasteiger charge is 2.26. The number of hydrogen-bond donors (Lipinski definition) is 2. The van der Waals surface area contributed by atoms with Gasteiger partial charge in [0.25, 0.3) is 0 Å². The van der Waals surface area contributed by atoms with E-state index >= 15 is 0 Å². The molecule has 1 aliphatic rings. The van der Waals surface area contributed by atoms with E-state index in [0.717, 1.165) is 0 Å². The van der Waals surface area contributed by atoms with Gasteiger partial charge in [-0.05, 0) is 0 Å². The van der Waals surface area contributed by atoms with Crippen molar-refractivity contribution >= 4 is 0 Å². The third-order valence-electron chi connectivity index (χ3n) is 1.41. The topological polar surface area (TPSA) is 74.7 Å². The minimum absolute atomic E-state index is 0.0650. The Morgan fingerprint density at radius 1 is 1.23 bits per heavy atom. The molecular weight excluding hydrogens is 178 g/mol. The normalized spacial score (nSPS) is 21.0. The molecule has 0 spiro atoms. The zero-order chi connectivity index (χ0) is 9.52. The van der Waals surface area contributed by atoms with E-state index in [2.05, 4.69) is 0 Å². The van der Waals surface area contributed by atoms with Crippen LogP contribution >= 0.6 is 0 Å². The number of ether oxygens (including phenoxy) is 1. The summed E-state index contributed by atoms with van der Waals surface area (Å²) in [6, 6.07) is 0. The van der Waals surface area contributed by atoms with Crippen molar-refractivity contribution < 1.29 is 24.6 Å². The molecule has 0 saturated carbocycles. The van der Waals surface area contributed by atoms with Gasteiger partial charge < -0.3 is 14.9 Å². The van der Waals surface area contributed by atoms with E-state index in [4.69, 9.17) is 24.6 Å². The lowest BCUT2D eigenvalue weighted by molar-refractivity contribution is -0.372. The van der Waals surface area contributed by atoms with Crippen molar-refractivity contribution in [1.29, 1.82) is 0 Å². The maximum Gasteiger partial charge on any atom is 0.0984 e. The molecule has 1 saturated heterocycles. The molecule has 1 atom stereocenters. The van der Waals surface area contributed by atoms with E-state index in [1.165, 1.54) is 5.23 Å². The minimum Gasteiger partial charge on any atom is -0.394 e. The fourth-order valence-electron chi connectivity index (χ4n) is 0.768. The fourth-order valence-corrected chi connectivity index (χ4v) is 0.768. The van der Waals surface area contributed by atoms with Crippen molar-refractivity contribution in [1.82, 2.24) is 5.23 Å². The molecule has 0 amide bonds. The van der Waals surface area contributed by atoms with Crippen LogP contribution in [0.3, 0.4) is 0 Å². The van der Waals surface area contributed by atoms with Gasteiger partial charge in [0.15, 0.2) is 0 Å². The first-order valence-electron chi connectivity index (χ1n) is 4.23. The SMILES string of the molecule is OCCON(CC1CO1)OCCO. The molecule has 78 valence electrons. The highest BCUT2D eigenvalue weighted by molar-refractivity contribution is 4.68. The van der Waals surface area contributed by atoms with Crippen LogP contribution in [0, 0.1) is 0 Å². The molecule has 1 fully saturated rings. The summed E-state index contributed by atoms with van der Waals surface area (Å²) in [6.07, 6.45) is 0.150. The van der Waals surface area contributed by atoms with Crippen molar-refractivity contribution in [2.24, 2.45) is 0 Å². The molecule has 0 bridgehead atoms. The molecule has 1 heterocycles. The van der Waals surface area contributed by atoms with Crippen LogP contribution in [0.5, 0.6) is 0 Å². The smallest absolute Gasteiger partial charge is 0.0984 e. The second kappa shape index (κ2) is 6.25. The first-order valence-corrected chi connectivity index (χ1v) is 4.23. The lowest BCUT2D eigenvalue weighted by atomic mass is 10.5. The highest BCUT2D eigenvalue weighted by atomic mass is 17.0. The van der Waals surface area contributed by atoms with Gasteiger partial charge in [-0.25, -0.2) is 0 Å². The zero-order valence-electron chi connectivity index (χ0n) is 7.39. The summed E-state index contributed by atoms with van der Waals surface area (Å²) in [7, 11) is 0. The molecule has 13 heavy (non-hydrogen) atoms. The Morgan fingerprint density at radius 2 is 1.77 bits per heavy atom. The van der Waals surface area contributed by atoms with Crippen LogP contribution in [0.4, 0.5) is 0 Å². The summed E-state index contributed by atoms with van der Waals surface area (Å²) < 4.78 is 4.97. The molecule has 1 rings (SSSR count). The van der Waals surface area contributed by atoms with Crippen LogP contribution in [-0.2, 0) is 14.4 Å². The van der Waals surface area contributed by atoms with Crippen molar-refractivity contribution in [2.75, 3.05) is 39.6 Å². The van der Waals surface area contributed by atoms with E-state index in [-0.39, 0.29) is 32.5 Å². The predicted molar refractivity (Wildman–Crippen MR) is 42.5 cm³/mol. The zero-order valence-corrected chi connectivity index (χ0v) is 7.39. The molecule has 6 heteroatoms. The van der Waals surface area contributed by atoms with Crippen molar-refractivity contribution in [2.45, 2.75) is 6.10 Å². The quantitative estimate of drug-likeness (QED) is 0.362. The Labute approximate surface area is 76.5 Å². The van der Waals surface area contributed by atoms with Gasteiger partial charge in [-0.2, -0.15) is 0 Å². The van der Waals surface area contributed by atoms with E-state index in [1.807, 2.05) is 0 Å². The Balaban J connectivity index is 2.08. The molecule has 2 N–H and O–H groups in total. The van der Waals surface area contributed by atoms with Crippen molar-refractivity contribution in [3.63, 3.8) is 0 Å². The summed E-state index contributed by atoms with van der Waals surface area (Å²) in [6.45, 7) is 1.44. The lowest BCUT2D eigenvalue weighted by Gasteiger charge is -2.18. The van der Waals surface area contributed by atoms with Crippen LogP contribution in [0.2, 0.25) is 0 Å². The number of rotatable bonds is 8. The van der Waals surface area contributed by atoms with Crippen LogP contribution in [0.15, 0.2) is 0 Å². The molecular formula is C7H15NO5. The Bertz CT molecular complexity index is 122. The van der Waals surface area contributed by atoms with Gasteiger partial charge in [-0.3, -0.25) is 9.68 Å². The van der Waals surface area contributed by atoms with E-state index in [0.29, 0.717) is 13.2 Å². The Hall–Kier alpha value is -0.240. The second-order valence-corrected chi connectivity index (χ2v) is 2.58. The number of hydrogen-bond acceptors (Lipinski definition) is 6. The minimum atomic E-state index is -0.0650. The number of aliphatic hydroxyl groups is 2. The molecule has 0 radical (unpaired) electrons. The molecule has 0 aliphatic carbocycles. The number of hydroxylamine groups is 2. The van der Waals surface area contributed by atoms with Crippen LogP contribution in [-0.4, -0.2) is 61.1 Å². The maximum atomic E-state index is 8.50. The summed E-state index contributed by atoms with van der Waals surface area (Å²) in [5.74, 6) is 0. The van der Waals surface area contributed by atoms with E-state index < -0.39 is 0 Å². The first-order chi connectivity index (χ1) is 6.36.